The summed E-state index contributed by atoms with van der Waals surface area (Å²) in [6, 6.07) is 10.1. The van der Waals surface area contributed by atoms with Crippen molar-refractivity contribution in [2.24, 2.45) is 0 Å². The minimum Gasteiger partial charge on any atom is -0.198 e. The molecule has 0 aliphatic heterocycles. The van der Waals surface area contributed by atoms with Gasteiger partial charge in [0.05, 0.1) is 12.0 Å². The molecule has 11 heavy (non-hydrogen) atoms. The van der Waals surface area contributed by atoms with Crippen molar-refractivity contribution in [3.63, 3.8) is 0 Å². The van der Waals surface area contributed by atoms with Crippen LogP contribution in [-0.2, 0) is 0 Å². The summed E-state index contributed by atoms with van der Waals surface area (Å²) < 4.78 is 0. The summed E-state index contributed by atoms with van der Waals surface area (Å²) in [6.07, 6.45) is 0. The molecule has 56 valence electrons. The fraction of sp³-hybridized carbons (Fsp3) is 0.222. The van der Waals surface area contributed by atoms with E-state index in [0.29, 0.717) is 0 Å². The molecule has 1 rings (SSSR count). The third-order valence-electron chi connectivity index (χ3n) is 1.66. The second-order valence-electron chi connectivity index (χ2n) is 2.48. The van der Waals surface area contributed by atoms with Crippen molar-refractivity contribution in [3.05, 3.63) is 29.8 Å². The van der Waals surface area contributed by atoms with Crippen LogP contribution >= 0.6 is 9.24 Å². The van der Waals surface area contributed by atoms with Crippen LogP contribution in [0.4, 0.5) is 0 Å². The molecule has 0 aliphatic carbocycles. The topological polar surface area (TPSA) is 23.8 Å². The van der Waals surface area contributed by atoms with Crippen LogP contribution < -0.4 is 5.30 Å². The molecule has 0 spiro atoms. The van der Waals surface area contributed by atoms with Gasteiger partial charge >= 0.3 is 0 Å². The molecule has 2 unspecified atom stereocenters. The Morgan fingerprint density at radius 2 is 2.09 bits per heavy atom. The first-order chi connectivity index (χ1) is 5.25. The molecule has 0 amide bonds. The minimum atomic E-state index is -0.0105. The number of hydrogen-bond acceptors (Lipinski definition) is 1. The van der Waals surface area contributed by atoms with E-state index in [1.807, 2.05) is 31.2 Å². The average Bonchev–Trinajstić information content (AvgIpc) is 2.04. The Hall–Kier alpha value is -0.860. The summed E-state index contributed by atoms with van der Waals surface area (Å²) in [5.41, 5.74) is 1.10. The molecule has 2 heteroatoms. The zero-order valence-corrected chi connectivity index (χ0v) is 7.57. The number of nitriles is 1. The standard InChI is InChI=1S/C9H10NP/c1-7(6-10)8-4-2-3-5-9(8)11/h2-5,7H,11H2,1H3. The van der Waals surface area contributed by atoms with E-state index in [1.54, 1.807) is 0 Å². The van der Waals surface area contributed by atoms with Crippen molar-refractivity contribution in [3.8, 4) is 6.07 Å². The van der Waals surface area contributed by atoms with E-state index in [2.05, 4.69) is 15.3 Å². The maximum Gasteiger partial charge on any atom is 0.0701 e. The summed E-state index contributed by atoms with van der Waals surface area (Å²) >= 11 is 0. The van der Waals surface area contributed by atoms with Gasteiger partial charge in [-0.25, -0.2) is 0 Å². The van der Waals surface area contributed by atoms with Crippen LogP contribution in [0.2, 0.25) is 0 Å². The number of benzene rings is 1. The van der Waals surface area contributed by atoms with Gasteiger partial charge in [0.15, 0.2) is 0 Å². The van der Waals surface area contributed by atoms with Crippen molar-refractivity contribution in [1.29, 1.82) is 5.26 Å². The molecule has 0 saturated carbocycles. The first-order valence-corrected chi connectivity index (χ1v) is 4.07. The van der Waals surface area contributed by atoms with Gasteiger partial charge in [-0.15, -0.1) is 9.24 Å². The second kappa shape index (κ2) is 3.51. The van der Waals surface area contributed by atoms with Crippen LogP contribution in [0.15, 0.2) is 24.3 Å². The van der Waals surface area contributed by atoms with Gasteiger partial charge in [-0.3, -0.25) is 0 Å². The van der Waals surface area contributed by atoms with Crippen LogP contribution in [0.3, 0.4) is 0 Å². The molecule has 1 nitrogen and oxygen atoms in total. The third-order valence-corrected chi connectivity index (χ3v) is 2.18. The van der Waals surface area contributed by atoms with E-state index in [4.69, 9.17) is 5.26 Å². The van der Waals surface area contributed by atoms with Crippen molar-refractivity contribution >= 4 is 14.5 Å². The normalized spacial score (nSPS) is 12.1. The molecule has 0 radical (unpaired) electrons. The Labute approximate surface area is 69.2 Å². The van der Waals surface area contributed by atoms with Crippen molar-refractivity contribution in [1.82, 2.24) is 0 Å². The molecule has 0 heterocycles. The molecule has 2 atom stereocenters. The smallest absolute Gasteiger partial charge is 0.0701 e. The molecule has 0 bridgehead atoms. The zero-order chi connectivity index (χ0) is 8.27. The maximum atomic E-state index is 8.65. The van der Waals surface area contributed by atoms with E-state index in [9.17, 15) is 0 Å². The molecule has 0 saturated heterocycles. The molecule has 1 aromatic rings. The van der Waals surface area contributed by atoms with Gasteiger partial charge in [-0.2, -0.15) is 5.26 Å². The van der Waals surface area contributed by atoms with Crippen LogP contribution in [-0.4, -0.2) is 0 Å². The SMILES string of the molecule is CC(C#N)c1ccccc1P. The summed E-state index contributed by atoms with van der Waals surface area (Å²) in [4.78, 5) is 0. The minimum absolute atomic E-state index is 0.0105. The zero-order valence-electron chi connectivity index (χ0n) is 6.41. The Kier molecular flexibility index (Phi) is 2.63. The van der Waals surface area contributed by atoms with Gasteiger partial charge in [-0.05, 0) is 17.8 Å². The highest BCUT2D eigenvalue weighted by Gasteiger charge is 2.04. The molecule has 0 N–H and O–H groups in total. The third kappa shape index (κ3) is 1.79. The Morgan fingerprint density at radius 3 is 2.64 bits per heavy atom. The van der Waals surface area contributed by atoms with Gasteiger partial charge < -0.3 is 0 Å². The molecule has 0 aliphatic rings. The number of rotatable bonds is 1. The van der Waals surface area contributed by atoms with Crippen LogP contribution in [0.25, 0.3) is 0 Å². The van der Waals surface area contributed by atoms with E-state index in [0.717, 1.165) is 10.9 Å². The van der Waals surface area contributed by atoms with E-state index in [1.165, 1.54) is 0 Å². The highest BCUT2D eigenvalue weighted by Crippen LogP contribution is 2.12. The fourth-order valence-corrected chi connectivity index (χ4v) is 1.43. The van der Waals surface area contributed by atoms with Crippen LogP contribution in [0.5, 0.6) is 0 Å². The summed E-state index contributed by atoms with van der Waals surface area (Å²) in [5.74, 6) is -0.0105. The highest BCUT2D eigenvalue weighted by molar-refractivity contribution is 7.27. The Bertz CT molecular complexity index is 288. The lowest BCUT2D eigenvalue weighted by atomic mass is 10.0. The van der Waals surface area contributed by atoms with Crippen molar-refractivity contribution < 1.29 is 0 Å². The first kappa shape index (κ1) is 8.24. The van der Waals surface area contributed by atoms with Crippen LogP contribution in [0, 0.1) is 11.3 Å². The Morgan fingerprint density at radius 1 is 1.45 bits per heavy atom. The highest BCUT2D eigenvalue weighted by atomic mass is 31.0. The molecule has 1 aromatic carbocycles. The molecule has 0 fully saturated rings. The average molecular weight is 163 g/mol. The summed E-state index contributed by atoms with van der Waals surface area (Å²) in [7, 11) is 2.63. The number of hydrogen-bond donors (Lipinski definition) is 0. The number of nitrogens with zero attached hydrogens (tertiary/aromatic N) is 1. The Balaban J connectivity index is 3.05. The van der Waals surface area contributed by atoms with Gasteiger partial charge in [0.25, 0.3) is 0 Å². The van der Waals surface area contributed by atoms with E-state index < -0.39 is 0 Å². The lowest BCUT2D eigenvalue weighted by molar-refractivity contribution is 0.991. The van der Waals surface area contributed by atoms with E-state index in [-0.39, 0.29) is 5.92 Å². The molecular weight excluding hydrogens is 153 g/mol. The monoisotopic (exact) mass is 163 g/mol. The second-order valence-corrected chi connectivity index (χ2v) is 3.10. The predicted octanol–water partition coefficient (Wildman–Crippen LogP) is 1.81. The summed E-state index contributed by atoms with van der Waals surface area (Å²) in [5, 5.41) is 9.77. The lowest BCUT2D eigenvalue weighted by Crippen LogP contribution is -2.02. The molecular formula is C9H10NP. The summed E-state index contributed by atoms with van der Waals surface area (Å²) in [6.45, 7) is 1.91. The predicted molar refractivity (Wildman–Crippen MR) is 49.8 cm³/mol. The lowest BCUT2D eigenvalue weighted by Gasteiger charge is -2.04. The van der Waals surface area contributed by atoms with Gasteiger partial charge in [-0.1, -0.05) is 24.3 Å². The largest absolute Gasteiger partial charge is 0.198 e. The van der Waals surface area contributed by atoms with Gasteiger partial charge in [0, 0.05) is 0 Å². The first-order valence-electron chi connectivity index (χ1n) is 3.49. The van der Waals surface area contributed by atoms with Crippen molar-refractivity contribution in [2.75, 3.05) is 0 Å². The van der Waals surface area contributed by atoms with Gasteiger partial charge in [0.2, 0.25) is 0 Å². The van der Waals surface area contributed by atoms with Gasteiger partial charge in [0.1, 0.15) is 0 Å². The van der Waals surface area contributed by atoms with E-state index >= 15 is 0 Å². The fourth-order valence-electron chi connectivity index (χ4n) is 0.975. The molecule has 0 aromatic heterocycles. The van der Waals surface area contributed by atoms with Crippen molar-refractivity contribution in [2.45, 2.75) is 12.8 Å². The quantitative estimate of drug-likeness (QED) is 0.579. The maximum absolute atomic E-state index is 8.65. The van der Waals surface area contributed by atoms with Crippen LogP contribution in [0.1, 0.15) is 18.4 Å².